The van der Waals surface area contributed by atoms with Crippen LogP contribution in [-0.2, 0) is 0 Å². The van der Waals surface area contributed by atoms with Gasteiger partial charge >= 0.3 is 0 Å². The van der Waals surface area contributed by atoms with Crippen LogP contribution in [0.15, 0.2) is 34.6 Å². The van der Waals surface area contributed by atoms with E-state index < -0.39 is 0 Å². The maximum atomic E-state index is 10.9. The molecule has 0 amide bonds. The van der Waals surface area contributed by atoms with E-state index in [1.54, 1.807) is 18.3 Å². The molecule has 0 saturated heterocycles. The van der Waals surface area contributed by atoms with Crippen LogP contribution in [0.5, 0.6) is 0 Å². The molecule has 54 valence electrons. The van der Waals surface area contributed by atoms with Crippen molar-refractivity contribution >= 4 is 11.5 Å². The Bertz CT molecular complexity index is 396. The normalized spacial score (nSPS) is 10.2. The lowest BCUT2D eigenvalue weighted by molar-refractivity contribution is 1.48. The first-order chi connectivity index (χ1) is 5.36. The number of hydrogen-bond acceptors (Lipinski definition) is 3. The molecule has 0 radical (unpaired) electrons. The van der Waals surface area contributed by atoms with Gasteiger partial charge in [0.2, 0.25) is 0 Å². The molecule has 0 atom stereocenters. The van der Waals surface area contributed by atoms with E-state index in [1.165, 1.54) is 11.5 Å². The predicted octanol–water partition coefficient (Wildman–Crippen LogP) is 1.61. The first-order valence-corrected chi connectivity index (χ1v) is 4.03. The quantitative estimate of drug-likeness (QED) is 0.590. The summed E-state index contributed by atoms with van der Waals surface area (Å²) in [6.45, 7) is 0. The molecule has 0 saturated carbocycles. The summed E-state index contributed by atoms with van der Waals surface area (Å²) in [6, 6.07) is 4.97. The Hall–Kier alpha value is -1.22. The third-order valence-corrected chi connectivity index (χ3v) is 2.08. The van der Waals surface area contributed by atoms with E-state index in [-0.39, 0.29) is 5.43 Å². The summed E-state index contributed by atoms with van der Waals surface area (Å²) in [5.74, 6) is 0. The molecule has 1 aliphatic carbocycles. The standard InChI is InChI=1S/C8H5NOS/c10-8-2-1-6-5-11-9-4-7(6)3-8/h1-5H. The van der Waals surface area contributed by atoms with Crippen LogP contribution in [0.2, 0.25) is 0 Å². The molecular formula is C8H5NOS. The van der Waals surface area contributed by atoms with E-state index in [4.69, 9.17) is 0 Å². The lowest BCUT2D eigenvalue weighted by atomic mass is 10.1. The number of benzene rings is 1. The van der Waals surface area contributed by atoms with E-state index >= 15 is 0 Å². The van der Waals surface area contributed by atoms with Gasteiger partial charge < -0.3 is 0 Å². The molecule has 0 unspecified atom stereocenters. The van der Waals surface area contributed by atoms with E-state index in [1.807, 2.05) is 11.4 Å². The second-order valence-electron chi connectivity index (χ2n) is 2.25. The molecule has 0 aromatic heterocycles. The maximum Gasteiger partial charge on any atom is 0.179 e. The van der Waals surface area contributed by atoms with Crippen molar-refractivity contribution in [2.24, 2.45) is 0 Å². The predicted molar refractivity (Wildman–Crippen MR) is 45.0 cm³/mol. The number of fused-ring (bicyclic) bond motifs is 1. The van der Waals surface area contributed by atoms with Crippen molar-refractivity contribution in [3.05, 3.63) is 40.0 Å². The molecular weight excluding hydrogens is 158 g/mol. The number of nitrogens with zero attached hydrogens (tertiary/aromatic N) is 1. The molecule has 0 aromatic carbocycles. The number of rotatable bonds is 0. The van der Waals surface area contributed by atoms with Crippen molar-refractivity contribution in [1.29, 1.82) is 0 Å². The zero-order valence-electron chi connectivity index (χ0n) is 5.65. The van der Waals surface area contributed by atoms with Gasteiger partial charge in [0.15, 0.2) is 5.43 Å². The molecule has 2 aliphatic rings. The largest absolute Gasteiger partial charge is 0.290 e. The molecule has 0 fully saturated rings. The second-order valence-corrected chi connectivity index (χ2v) is 2.91. The third-order valence-electron chi connectivity index (χ3n) is 1.49. The first-order valence-electron chi connectivity index (χ1n) is 3.20. The van der Waals surface area contributed by atoms with Gasteiger partial charge in [-0.15, -0.1) is 0 Å². The number of aromatic nitrogens is 1. The molecule has 3 heteroatoms. The van der Waals surface area contributed by atoms with E-state index in [0.717, 1.165) is 11.1 Å². The van der Waals surface area contributed by atoms with Crippen LogP contribution < -0.4 is 5.43 Å². The number of hydrogen-bond donors (Lipinski definition) is 0. The molecule has 0 spiro atoms. The fourth-order valence-corrected chi connectivity index (χ4v) is 1.51. The summed E-state index contributed by atoms with van der Waals surface area (Å²) >= 11 is 1.39. The Kier molecular flexibility index (Phi) is 1.43. The average molecular weight is 163 g/mol. The third kappa shape index (κ3) is 1.14. The van der Waals surface area contributed by atoms with Crippen LogP contribution in [0.1, 0.15) is 0 Å². The Balaban J connectivity index is 2.84. The lowest BCUT2D eigenvalue weighted by Crippen LogP contribution is -1.96. The average Bonchev–Trinajstić information content (AvgIpc) is 2.04. The van der Waals surface area contributed by atoms with Gasteiger partial charge in [-0.25, -0.2) is 4.37 Å². The Morgan fingerprint density at radius 3 is 3.09 bits per heavy atom. The van der Waals surface area contributed by atoms with E-state index in [0.29, 0.717) is 0 Å². The van der Waals surface area contributed by atoms with Crippen molar-refractivity contribution in [1.82, 2.24) is 4.37 Å². The highest BCUT2D eigenvalue weighted by Crippen LogP contribution is 2.17. The van der Waals surface area contributed by atoms with Crippen LogP contribution in [0.3, 0.4) is 0 Å². The van der Waals surface area contributed by atoms with Crippen LogP contribution >= 0.6 is 11.5 Å². The minimum absolute atomic E-state index is 0.0375. The summed E-state index contributed by atoms with van der Waals surface area (Å²) < 4.78 is 3.96. The minimum Gasteiger partial charge on any atom is -0.290 e. The van der Waals surface area contributed by atoms with Crippen LogP contribution in [0.4, 0.5) is 0 Å². The summed E-state index contributed by atoms with van der Waals surface area (Å²) in [7, 11) is 0. The Morgan fingerprint density at radius 2 is 2.18 bits per heavy atom. The monoisotopic (exact) mass is 163 g/mol. The maximum absolute atomic E-state index is 10.9. The topological polar surface area (TPSA) is 30.0 Å². The lowest BCUT2D eigenvalue weighted by Gasteiger charge is -1.98. The molecule has 0 N–H and O–H groups in total. The van der Waals surface area contributed by atoms with Gasteiger partial charge in [-0.3, -0.25) is 4.79 Å². The van der Waals surface area contributed by atoms with Gasteiger partial charge in [-0.05, 0) is 35.3 Å². The van der Waals surface area contributed by atoms with Crippen LogP contribution in [-0.4, -0.2) is 4.37 Å². The summed E-state index contributed by atoms with van der Waals surface area (Å²) in [4.78, 5) is 10.9. The van der Waals surface area contributed by atoms with Crippen molar-refractivity contribution < 1.29 is 0 Å². The van der Waals surface area contributed by atoms with Gasteiger partial charge in [0.05, 0.1) is 0 Å². The molecule has 0 bridgehead atoms. The first kappa shape index (κ1) is 6.49. The summed E-state index contributed by atoms with van der Waals surface area (Å²) in [6.07, 6.45) is 1.71. The smallest absolute Gasteiger partial charge is 0.179 e. The van der Waals surface area contributed by atoms with Gasteiger partial charge in [0.1, 0.15) is 0 Å². The van der Waals surface area contributed by atoms with Crippen molar-refractivity contribution in [3.63, 3.8) is 0 Å². The van der Waals surface area contributed by atoms with Crippen LogP contribution in [0, 0.1) is 0 Å². The fourth-order valence-electron chi connectivity index (χ4n) is 0.946. The van der Waals surface area contributed by atoms with Crippen molar-refractivity contribution in [2.75, 3.05) is 0 Å². The Morgan fingerprint density at radius 1 is 1.27 bits per heavy atom. The molecule has 11 heavy (non-hydrogen) atoms. The SMILES string of the molecule is O=c1ccc2csncc-2c1. The van der Waals surface area contributed by atoms with Crippen LogP contribution in [0.25, 0.3) is 11.1 Å². The fraction of sp³-hybridized carbons (Fsp3) is 0. The van der Waals surface area contributed by atoms with Crippen molar-refractivity contribution in [3.8, 4) is 11.1 Å². The highest BCUT2D eigenvalue weighted by atomic mass is 32.1. The Labute approximate surface area is 67.6 Å². The summed E-state index contributed by atoms with van der Waals surface area (Å²) in [5.41, 5.74) is 2.02. The highest BCUT2D eigenvalue weighted by molar-refractivity contribution is 7.03. The van der Waals surface area contributed by atoms with Crippen molar-refractivity contribution in [2.45, 2.75) is 0 Å². The minimum atomic E-state index is 0.0375. The molecule has 0 aromatic rings. The molecule has 1 aliphatic heterocycles. The zero-order valence-corrected chi connectivity index (χ0v) is 6.47. The zero-order chi connectivity index (χ0) is 7.68. The van der Waals surface area contributed by atoms with E-state index in [9.17, 15) is 4.79 Å². The molecule has 1 heterocycles. The van der Waals surface area contributed by atoms with Gasteiger partial charge in [0, 0.05) is 17.1 Å². The van der Waals surface area contributed by atoms with Gasteiger partial charge in [0.25, 0.3) is 0 Å². The van der Waals surface area contributed by atoms with E-state index in [2.05, 4.69) is 4.37 Å². The van der Waals surface area contributed by atoms with Gasteiger partial charge in [-0.2, -0.15) is 0 Å². The second kappa shape index (κ2) is 2.43. The summed E-state index contributed by atoms with van der Waals surface area (Å²) in [5, 5.41) is 1.93. The highest BCUT2D eigenvalue weighted by Gasteiger charge is 1.99. The molecule has 2 rings (SSSR count). The molecule has 2 nitrogen and oxygen atoms in total. The van der Waals surface area contributed by atoms with Gasteiger partial charge in [-0.1, -0.05) is 0 Å².